The van der Waals surface area contributed by atoms with Crippen LogP contribution in [0.4, 0.5) is 0 Å². The summed E-state index contributed by atoms with van der Waals surface area (Å²) in [5.41, 5.74) is 5.27. The van der Waals surface area contributed by atoms with Crippen molar-refractivity contribution >= 4 is 0 Å². The Hall–Kier alpha value is -2.59. The van der Waals surface area contributed by atoms with E-state index in [0.29, 0.717) is 6.04 Å². The van der Waals surface area contributed by atoms with E-state index in [1.807, 2.05) is 12.1 Å². The third-order valence-corrected chi connectivity index (χ3v) is 5.12. The van der Waals surface area contributed by atoms with Crippen molar-refractivity contribution in [1.82, 2.24) is 15.1 Å². The van der Waals surface area contributed by atoms with Crippen LogP contribution >= 0.6 is 0 Å². The number of nitrogens with one attached hydrogen (secondary N) is 1. The van der Waals surface area contributed by atoms with E-state index >= 15 is 0 Å². The summed E-state index contributed by atoms with van der Waals surface area (Å²) in [5, 5.41) is 8.40. The monoisotopic (exact) mass is 347 g/mol. The average molecular weight is 347 g/mol. The molecular weight excluding hydrogens is 322 g/mol. The average Bonchev–Trinajstić information content (AvgIpc) is 3.11. The molecule has 3 aromatic rings. The number of hydrogen-bond acceptors (Lipinski definition) is 3. The van der Waals surface area contributed by atoms with Gasteiger partial charge in [0, 0.05) is 23.8 Å². The van der Waals surface area contributed by atoms with Crippen molar-refractivity contribution < 1.29 is 4.74 Å². The Morgan fingerprint density at radius 1 is 1.12 bits per heavy atom. The van der Waals surface area contributed by atoms with Crippen molar-refractivity contribution in [2.45, 2.75) is 38.4 Å². The van der Waals surface area contributed by atoms with Crippen LogP contribution < -0.4 is 10.1 Å². The van der Waals surface area contributed by atoms with Gasteiger partial charge in [0.15, 0.2) is 0 Å². The minimum absolute atomic E-state index is 0.370. The van der Waals surface area contributed by atoms with Gasteiger partial charge in [-0.15, -0.1) is 0 Å². The molecule has 0 radical (unpaired) electrons. The SMILES string of the molecule is COc1cccc(CNC2CCCc3c2cnn3Cc2ccccc2)c1. The predicted molar refractivity (Wildman–Crippen MR) is 103 cm³/mol. The van der Waals surface area contributed by atoms with Crippen molar-refractivity contribution in [2.24, 2.45) is 0 Å². The highest BCUT2D eigenvalue weighted by atomic mass is 16.5. The molecule has 0 saturated carbocycles. The summed E-state index contributed by atoms with van der Waals surface area (Å²) in [6, 6.07) is 19.2. The van der Waals surface area contributed by atoms with Crippen LogP contribution in [0, 0.1) is 0 Å². The molecule has 0 saturated heterocycles. The number of nitrogens with zero attached hydrogens (tertiary/aromatic N) is 2. The van der Waals surface area contributed by atoms with Gasteiger partial charge in [0.05, 0.1) is 19.9 Å². The van der Waals surface area contributed by atoms with E-state index in [4.69, 9.17) is 4.74 Å². The van der Waals surface area contributed by atoms with Crippen molar-refractivity contribution in [3.05, 3.63) is 83.2 Å². The Bertz CT molecular complexity index is 857. The molecule has 1 aliphatic carbocycles. The van der Waals surface area contributed by atoms with Crippen LogP contribution in [0.1, 0.15) is 41.3 Å². The van der Waals surface area contributed by atoms with E-state index in [1.54, 1.807) is 7.11 Å². The molecule has 1 atom stereocenters. The van der Waals surface area contributed by atoms with Crippen LogP contribution in [-0.4, -0.2) is 16.9 Å². The van der Waals surface area contributed by atoms with Crippen LogP contribution in [0.15, 0.2) is 60.8 Å². The highest BCUT2D eigenvalue weighted by molar-refractivity contribution is 5.30. The molecule has 1 unspecified atom stereocenters. The molecule has 4 heteroatoms. The maximum Gasteiger partial charge on any atom is 0.119 e. The summed E-state index contributed by atoms with van der Waals surface area (Å²) in [6.07, 6.45) is 5.53. The molecule has 4 rings (SSSR count). The maximum atomic E-state index is 5.32. The second kappa shape index (κ2) is 7.75. The first-order chi connectivity index (χ1) is 12.8. The number of aromatic nitrogens is 2. The van der Waals surface area contributed by atoms with Crippen molar-refractivity contribution in [2.75, 3.05) is 7.11 Å². The Kier molecular flexibility index (Phi) is 5.02. The number of ether oxygens (including phenoxy) is 1. The number of benzene rings is 2. The van der Waals surface area contributed by atoms with Gasteiger partial charge in [-0.25, -0.2) is 0 Å². The van der Waals surface area contributed by atoms with Gasteiger partial charge in [-0.1, -0.05) is 42.5 Å². The van der Waals surface area contributed by atoms with Crippen molar-refractivity contribution in [3.8, 4) is 5.75 Å². The zero-order valence-corrected chi connectivity index (χ0v) is 15.2. The van der Waals surface area contributed by atoms with Crippen LogP contribution in [0.3, 0.4) is 0 Å². The zero-order valence-electron chi connectivity index (χ0n) is 15.2. The smallest absolute Gasteiger partial charge is 0.119 e. The molecule has 0 amide bonds. The first-order valence-electron chi connectivity index (χ1n) is 9.28. The Balaban J connectivity index is 1.47. The molecule has 0 spiro atoms. The van der Waals surface area contributed by atoms with Gasteiger partial charge in [-0.3, -0.25) is 4.68 Å². The lowest BCUT2D eigenvalue weighted by atomic mass is 9.92. The molecule has 1 aromatic heterocycles. The number of rotatable bonds is 6. The number of hydrogen-bond donors (Lipinski definition) is 1. The highest BCUT2D eigenvalue weighted by Gasteiger charge is 2.23. The molecule has 1 heterocycles. The van der Waals surface area contributed by atoms with Gasteiger partial charge >= 0.3 is 0 Å². The summed E-state index contributed by atoms with van der Waals surface area (Å²) in [7, 11) is 1.71. The van der Waals surface area contributed by atoms with Crippen molar-refractivity contribution in [3.63, 3.8) is 0 Å². The van der Waals surface area contributed by atoms with E-state index in [9.17, 15) is 0 Å². The molecule has 4 nitrogen and oxygen atoms in total. The third kappa shape index (κ3) is 3.65. The molecule has 0 bridgehead atoms. The number of fused-ring (bicyclic) bond motifs is 1. The zero-order chi connectivity index (χ0) is 17.8. The van der Waals surface area contributed by atoms with Gasteiger partial charge in [0.25, 0.3) is 0 Å². The molecule has 26 heavy (non-hydrogen) atoms. The van der Waals surface area contributed by atoms with E-state index in [2.05, 4.69) is 63.8 Å². The molecule has 2 aromatic carbocycles. The van der Waals surface area contributed by atoms with Gasteiger partial charge in [-0.05, 0) is 42.5 Å². The highest BCUT2D eigenvalue weighted by Crippen LogP contribution is 2.30. The second-order valence-electron chi connectivity index (χ2n) is 6.87. The van der Waals surface area contributed by atoms with Crippen molar-refractivity contribution in [1.29, 1.82) is 0 Å². The van der Waals surface area contributed by atoms with E-state index in [-0.39, 0.29) is 0 Å². The van der Waals surface area contributed by atoms with Gasteiger partial charge in [-0.2, -0.15) is 5.10 Å². The third-order valence-electron chi connectivity index (χ3n) is 5.12. The Morgan fingerprint density at radius 3 is 2.81 bits per heavy atom. The standard InChI is InChI=1S/C22H25N3O/c1-26-19-10-5-9-18(13-19)14-23-21-11-6-12-22-20(21)15-24-25(22)16-17-7-3-2-4-8-17/h2-5,7-10,13,15,21,23H,6,11-12,14,16H2,1H3. The molecule has 1 aliphatic rings. The lowest BCUT2D eigenvalue weighted by molar-refractivity contribution is 0.413. The fourth-order valence-corrected chi connectivity index (χ4v) is 3.75. The summed E-state index contributed by atoms with van der Waals surface area (Å²) < 4.78 is 7.49. The lowest BCUT2D eigenvalue weighted by Crippen LogP contribution is -2.25. The van der Waals surface area contributed by atoms with Crippen LogP contribution in [0.25, 0.3) is 0 Å². The lowest BCUT2D eigenvalue weighted by Gasteiger charge is -2.24. The molecule has 1 N–H and O–H groups in total. The van der Waals surface area contributed by atoms with Gasteiger partial charge in [0.2, 0.25) is 0 Å². The van der Waals surface area contributed by atoms with Crippen LogP contribution in [0.2, 0.25) is 0 Å². The maximum absolute atomic E-state index is 5.32. The minimum Gasteiger partial charge on any atom is -0.497 e. The largest absolute Gasteiger partial charge is 0.497 e. The molecule has 0 fully saturated rings. The normalized spacial score (nSPS) is 16.3. The first-order valence-corrected chi connectivity index (χ1v) is 9.28. The quantitative estimate of drug-likeness (QED) is 0.729. The fraction of sp³-hybridized carbons (Fsp3) is 0.318. The predicted octanol–water partition coefficient (Wildman–Crippen LogP) is 4.11. The Morgan fingerprint density at radius 2 is 1.96 bits per heavy atom. The van der Waals surface area contributed by atoms with Gasteiger partial charge < -0.3 is 10.1 Å². The fourth-order valence-electron chi connectivity index (χ4n) is 3.75. The molecular formula is C22H25N3O. The first kappa shape index (κ1) is 16.9. The van der Waals surface area contributed by atoms with Crippen LogP contribution in [-0.2, 0) is 19.5 Å². The van der Waals surface area contributed by atoms with E-state index < -0.39 is 0 Å². The van der Waals surface area contributed by atoms with E-state index in [1.165, 1.54) is 28.8 Å². The van der Waals surface area contributed by atoms with Crippen LogP contribution in [0.5, 0.6) is 5.75 Å². The molecule has 0 aliphatic heterocycles. The molecule has 134 valence electrons. The topological polar surface area (TPSA) is 39.1 Å². The number of methoxy groups -OCH3 is 1. The van der Waals surface area contributed by atoms with E-state index in [0.717, 1.165) is 31.7 Å². The Labute approximate surface area is 154 Å². The second-order valence-corrected chi connectivity index (χ2v) is 6.87. The summed E-state index contributed by atoms with van der Waals surface area (Å²) in [6.45, 7) is 1.68. The minimum atomic E-state index is 0.370. The van der Waals surface area contributed by atoms with Gasteiger partial charge in [0.1, 0.15) is 5.75 Å². The summed E-state index contributed by atoms with van der Waals surface area (Å²) >= 11 is 0. The summed E-state index contributed by atoms with van der Waals surface area (Å²) in [4.78, 5) is 0. The summed E-state index contributed by atoms with van der Waals surface area (Å²) in [5.74, 6) is 0.907.